The molecule has 0 saturated heterocycles. The second-order valence-corrected chi connectivity index (χ2v) is 11.6. The Morgan fingerprint density at radius 3 is 1.79 bits per heavy atom. The van der Waals surface area contributed by atoms with Crippen molar-refractivity contribution >= 4 is 50.2 Å². The van der Waals surface area contributed by atoms with Gasteiger partial charge in [-0.3, -0.25) is 0 Å². The third-order valence-electron chi connectivity index (χ3n) is 4.07. The van der Waals surface area contributed by atoms with Crippen molar-refractivity contribution in [3.05, 3.63) is 60.7 Å². The van der Waals surface area contributed by atoms with Crippen molar-refractivity contribution in [3.8, 4) is 11.5 Å². The van der Waals surface area contributed by atoms with Crippen molar-refractivity contribution in [1.82, 2.24) is 0 Å². The summed E-state index contributed by atoms with van der Waals surface area (Å²) < 4.78 is 94.3. The molecule has 7 nitrogen and oxygen atoms in total. The van der Waals surface area contributed by atoms with Gasteiger partial charge in [0.1, 0.15) is 0 Å². The zero-order valence-electron chi connectivity index (χ0n) is 17.5. The Labute approximate surface area is 202 Å². The van der Waals surface area contributed by atoms with Crippen LogP contribution in [0.2, 0.25) is 0 Å². The van der Waals surface area contributed by atoms with Crippen LogP contribution in [0.3, 0.4) is 0 Å². The molecule has 0 fully saturated rings. The van der Waals surface area contributed by atoms with Crippen LogP contribution in [0.5, 0.6) is 11.5 Å². The summed E-state index contributed by atoms with van der Waals surface area (Å²) in [4.78, 5) is 23.2. The molecule has 0 aromatic heterocycles. The van der Waals surface area contributed by atoms with Gasteiger partial charge in [0.2, 0.25) is 0 Å². The number of alkyl halides is 4. The molecule has 13 heteroatoms. The van der Waals surface area contributed by atoms with E-state index in [0.29, 0.717) is 5.75 Å². The summed E-state index contributed by atoms with van der Waals surface area (Å²) in [5.74, 6) is -6.65. The van der Waals surface area contributed by atoms with Crippen LogP contribution >= 0.6 is 0 Å². The first-order valence-electron chi connectivity index (χ1n) is 9.31. The van der Waals surface area contributed by atoms with E-state index in [9.17, 15) is 35.6 Å². The van der Waals surface area contributed by atoms with E-state index < -0.39 is 67.0 Å². The van der Waals surface area contributed by atoms with E-state index in [0.717, 1.165) is 7.22 Å². The van der Waals surface area contributed by atoms with Gasteiger partial charge in [-0.05, 0) is 0 Å². The minimum absolute atomic E-state index is 0.0203. The molecule has 34 heavy (non-hydrogen) atoms. The molecule has 0 spiro atoms. The summed E-state index contributed by atoms with van der Waals surface area (Å²) in [6.07, 6.45) is -3.06. The molecule has 0 unspecified atom stereocenters. The second-order valence-electron chi connectivity index (χ2n) is 6.89. The first-order chi connectivity index (χ1) is 15.6. The number of esters is 2. The third-order valence-corrected chi connectivity index (χ3v) is 7.91. The maximum absolute atomic E-state index is 13.5. The van der Waals surface area contributed by atoms with Gasteiger partial charge in [-0.2, -0.15) is 0 Å². The van der Waals surface area contributed by atoms with Gasteiger partial charge in [-0.1, -0.05) is 0 Å². The fourth-order valence-corrected chi connectivity index (χ4v) is 5.07. The molecule has 2 aromatic carbocycles. The van der Waals surface area contributed by atoms with Crippen molar-refractivity contribution in [2.75, 3.05) is 0 Å². The molecule has 0 aliphatic heterocycles. The summed E-state index contributed by atoms with van der Waals surface area (Å²) in [6, 6.07) is 12.9. The number of carbonyl (C=O) groups excluding carboxylic acids is 2. The van der Waals surface area contributed by atoms with Crippen LogP contribution in [0.25, 0.3) is 0 Å². The molecule has 0 aliphatic carbocycles. The first kappa shape index (κ1) is 27.8. The molecule has 2 rings (SSSR count). The monoisotopic (exact) mass is 620 g/mol. The molecule has 0 atom stereocenters. The molecule has 2 aromatic rings. The van der Waals surface area contributed by atoms with E-state index in [4.69, 9.17) is 14.0 Å². The van der Waals surface area contributed by atoms with Crippen LogP contribution in [-0.2, 0) is 19.7 Å². The molecule has 184 valence electrons. The van der Waals surface area contributed by atoms with Crippen molar-refractivity contribution in [1.29, 1.82) is 0 Å². The van der Waals surface area contributed by atoms with E-state index >= 15 is 0 Å². The Kier molecular flexibility index (Phi) is 8.87. The molecule has 0 saturated carbocycles. The normalized spacial score (nSPS) is 12.2. The van der Waals surface area contributed by atoms with Gasteiger partial charge in [0.25, 0.3) is 0 Å². The van der Waals surface area contributed by atoms with E-state index in [1.54, 1.807) is 36.4 Å². The van der Waals surface area contributed by atoms with Crippen LogP contribution in [0.15, 0.2) is 60.7 Å². The van der Waals surface area contributed by atoms with Crippen LogP contribution in [0.1, 0.15) is 19.8 Å². The van der Waals surface area contributed by atoms with E-state index in [2.05, 4.69) is 6.58 Å². The van der Waals surface area contributed by atoms with Crippen LogP contribution < -0.4 is 16.7 Å². The average molecular weight is 618 g/mol. The third kappa shape index (κ3) is 7.27. The summed E-state index contributed by atoms with van der Waals surface area (Å²) in [5.41, 5.74) is 0.267. The van der Waals surface area contributed by atoms with E-state index in [1.807, 2.05) is 0 Å². The Bertz CT molecular complexity index is 1160. The number of ether oxygens (including phenoxy) is 2. The molecular formula is C21H18F4O7STe. The predicted molar refractivity (Wildman–Crippen MR) is 115 cm³/mol. The Morgan fingerprint density at radius 1 is 0.941 bits per heavy atom. The Morgan fingerprint density at radius 2 is 1.38 bits per heavy atom. The molecule has 1 N–H and O–H groups in total. The number of halogens is 4. The maximum atomic E-state index is 13.5. The summed E-state index contributed by atoms with van der Waals surface area (Å²) in [5, 5.41) is -5.74. The quantitative estimate of drug-likeness (QED) is 0.109. The zero-order chi connectivity index (χ0) is 25.7. The SMILES string of the molecule is C=C(C)C(=O)Oc1ccc([Te]c2ccc(OC(=O)CCC(F)(F)C(F)(F)S(=O)(=O)O)cc2)cc1. The summed E-state index contributed by atoms with van der Waals surface area (Å²) in [6.45, 7) is 5.02. The van der Waals surface area contributed by atoms with Gasteiger partial charge in [-0.25, -0.2) is 0 Å². The van der Waals surface area contributed by atoms with Crippen molar-refractivity contribution < 1.29 is 49.6 Å². The fraction of sp³-hybridized carbons (Fsp3) is 0.238. The molecule has 0 radical (unpaired) electrons. The van der Waals surface area contributed by atoms with E-state index in [1.165, 1.54) is 19.1 Å². The van der Waals surface area contributed by atoms with Gasteiger partial charge >= 0.3 is 203 Å². The molecule has 0 amide bonds. The molecule has 0 aliphatic rings. The van der Waals surface area contributed by atoms with Crippen LogP contribution in [0, 0.1) is 0 Å². The number of rotatable bonds is 10. The van der Waals surface area contributed by atoms with Crippen molar-refractivity contribution in [3.63, 3.8) is 0 Å². The number of carbonyl (C=O) groups is 2. The van der Waals surface area contributed by atoms with Gasteiger partial charge in [0.15, 0.2) is 0 Å². The summed E-state index contributed by atoms with van der Waals surface area (Å²) in [7, 11) is -6.37. The summed E-state index contributed by atoms with van der Waals surface area (Å²) >= 11 is -0.865. The molecular weight excluding hydrogens is 600 g/mol. The van der Waals surface area contributed by atoms with Gasteiger partial charge in [0.05, 0.1) is 0 Å². The van der Waals surface area contributed by atoms with Gasteiger partial charge in [-0.15, -0.1) is 0 Å². The van der Waals surface area contributed by atoms with E-state index in [-0.39, 0.29) is 11.3 Å². The van der Waals surface area contributed by atoms with Crippen molar-refractivity contribution in [2.45, 2.75) is 30.9 Å². The Hall–Kier alpha value is -2.46. The predicted octanol–water partition coefficient (Wildman–Crippen LogP) is 2.62. The standard InChI is InChI=1S/C21H18F4O7STe/c1-13(2)19(27)32-15-5-9-17(10-6-15)34-16-7-3-14(4-8-16)31-18(26)11-12-20(22,23)21(24,25)33(28,29)30/h3-10H,1,11-12H2,2H3,(H,28,29,30). The zero-order valence-corrected chi connectivity index (χ0v) is 20.6. The van der Waals surface area contributed by atoms with Gasteiger partial charge < -0.3 is 0 Å². The number of hydrogen-bond acceptors (Lipinski definition) is 6. The number of benzene rings is 2. The van der Waals surface area contributed by atoms with Gasteiger partial charge in [0, 0.05) is 0 Å². The number of hydrogen-bond donors (Lipinski definition) is 1. The molecule has 0 bridgehead atoms. The first-order valence-corrected chi connectivity index (χ1v) is 13.1. The minimum atomic E-state index is -6.37. The van der Waals surface area contributed by atoms with Crippen LogP contribution in [0.4, 0.5) is 17.6 Å². The van der Waals surface area contributed by atoms with Crippen molar-refractivity contribution in [2.24, 2.45) is 0 Å². The average Bonchev–Trinajstić information content (AvgIpc) is 2.74. The Balaban J connectivity index is 1.92. The second kappa shape index (κ2) is 10.9. The van der Waals surface area contributed by atoms with Crippen LogP contribution in [-0.4, -0.2) is 57.0 Å². The molecule has 0 heterocycles. The topological polar surface area (TPSA) is 107 Å². The fourth-order valence-electron chi connectivity index (χ4n) is 2.26.